The first-order valence-electron chi connectivity index (χ1n) is 8.56. The van der Waals surface area contributed by atoms with Crippen molar-refractivity contribution < 1.29 is 13.2 Å². The molecule has 0 unspecified atom stereocenters. The van der Waals surface area contributed by atoms with E-state index in [-0.39, 0.29) is 0 Å². The second-order valence-electron chi connectivity index (χ2n) is 6.59. The van der Waals surface area contributed by atoms with Gasteiger partial charge in [0.15, 0.2) is 0 Å². The molecular weight excluding hydrogens is 323 g/mol. The van der Waals surface area contributed by atoms with E-state index < -0.39 is 11.7 Å². The monoisotopic (exact) mass is 345 g/mol. The number of hydrogen-bond donors (Lipinski definition) is 0. The van der Waals surface area contributed by atoms with Crippen LogP contribution >= 0.6 is 0 Å². The zero-order chi connectivity index (χ0) is 17.9. The predicted molar refractivity (Wildman–Crippen MR) is 95.4 cm³/mol. The first-order chi connectivity index (χ1) is 11.9. The molecule has 3 rings (SSSR count). The van der Waals surface area contributed by atoms with Crippen LogP contribution < -0.4 is 0 Å². The third kappa shape index (κ3) is 4.73. The Balaban J connectivity index is 1.60. The summed E-state index contributed by atoms with van der Waals surface area (Å²) in [6.07, 6.45) is -0.443. The number of halogens is 3. The third-order valence-electron chi connectivity index (χ3n) is 4.69. The fourth-order valence-electron chi connectivity index (χ4n) is 3.11. The molecule has 0 bridgehead atoms. The van der Waals surface area contributed by atoms with E-state index in [1.54, 1.807) is 6.07 Å². The van der Waals surface area contributed by atoms with Gasteiger partial charge in [0.1, 0.15) is 0 Å². The molecule has 132 valence electrons. The second kappa shape index (κ2) is 7.44. The molecule has 0 aromatic heterocycles. The number of hydrogen-bond acceptors (Lipinski definition) is 1. The fourth-order valence-corrected chi connectivity index (χ4v) is 3.11. The molecule has 1 aliphatic heterocycles. The Kier molecular flexibility index (Phi) is 5.28. The highest BCUT2D eigenvalue weighted by Gasteiger charge is 2.30. The van der Waals surface area contributed by atoms with Gasteiger partial charge < -0.3 is 0 Å². The van der Waals surface area contributed by atoms with Gasteiger partial charge in [0.2, 0.25) is 0 Å². The summed E-state index contributed by atoms with van der Waals surface area (Å²) in [5.41, 5.74) is 3.70. The van der Waals surface area contributed by atoms with Gasteiger partial charge in [-0.15, -0.1) is 0 Å². The van der Waals surface area contributed by atoms with Gasteiger partial charge in [0.05, 0.1) is 5.56 Å². The van der Waals surface area contributed by atoms with Crippen LogP contribution in [0.4, 0.5) is 13.2 Å². The van der Waals surface area contributed by atoms with E-state index in [1.807, 2.05) is 0 Å². The largest absolute Gasteiger partial charge is 0.416 e. The Morgan fingerprint density at radius 2 is 1.80 bits per heavy atom. The van der Waals surface area contributed by atoms with E-state index >= 15 is 0 Å². The Hall–Kier alpha value is -2.07. The second-order valence-corrected chi connectivity index (χ2v) is 6.59. The molecule has 1 aliphatic rings. The first-order valence-corrected chi connectivity index (χ1v) is 8.56. The Bertz CT molecular complexity index is 744. The zero-order valence-corrected chi connectivity index (χ0v) is 14.3. The van der Waals surface area contributed by atoms with Gasteiger partial charge >= 0.3 is 6.18 Å². The molecule has 0 atom stereocenters. The molecule has 0 saturated heterocycles. The quantitative estimate of drug-likeness (QED) is 0.722. The Morgan fingerprint density at radius 3 is 2.44 bits per heavy atom. The van der Waals surface area contributed by atoms with Gasteiger partial charge in [-0.1, -0.05) is 48.0 Å². The van der Waals surface area contributed by atoms with Crippen molar-refractivity contribution in [2.75, 3.05) is 19.6 Å². The minimum Gasteiger partial charge on any atom is -0.299 e. The molecule has 1 nitrogen and oxygen atoms in total. The van der Waals surface area contributed by atoms with Crippen molar-refractivity contribution in [2.45, 2.75) is 25.9 Å². The van der Waals surface area contributed by atoms with Crippen LogP contribution in [-0.4, -0.2) is 24.5 Å². The summed E-state index contributed by atoms with van der Waals surface area (Å²) in [7, 11) is 0. The maximum absolute atomic E-state index is 12.9. The highest BCUT2D eigenvalue weighted by molar-refractivity contribution is 5.67. The smallest absolute Gasteiger partial charge is 0.299 e. The van der Waals surface area contributed by atoms with Crippen LogP contribution in [0.3, 0.4) is 0 Å². The van der Waals surface area contributed by atoms with Gasteiger partial charge in [-0.3, -0.25) is 4.90 Å². The van der Waals surface area contributed by atoms with E-state index in [0.717, 1.165) is 44.1 Å². The predicted octanol–water partition coefficient (Wildman–Crippen LogP) is 5.35. The summed E-state index contributed by atoms with van der Waals surface area (Å²) in [6, 6.07) is 14.2. The van der Waals surface area contributed by atoms with Crippen LogP contribution in [0.1, 0.15) is 28.7 Å². The number of benzene rings is 2. The van der Waals surface area contributed by atoms with E-state index in [4.69, 9.17) is 0 Å². The number of rotatable bonds is 4. The molecule has 0 aliphatic carbocycles. The molecule has 0 amide bonds. The van der Waals surface area contributed by atoms with Crippen LogP contribution in [0.5, 0.6) is 0 Å². The SMILES string of the molecule is Cc1ccc(CCN2CC=C(c3cccc(C(F)(F)F)c3)CC2)cc1. The molecule has 2 aromatic carbocycles. The number of aryl methyl sites for hydroxylation is 1. The maximum atomic E-state index is 12.9. The zero-order valence-electron chi connectivity index (χ0n) is 14.3. The molecule has 0 fully saturated rings. The van der Waals surface area contributed by atoms with Crippen molar-refractivity contribution in [1.82, 2.24) is 4.90 Å². The van der Waals surface area contributed by atoms with Crippen molar-refractivity contribution in [3.05, 3.63) is 76.9 Å². The summed E-state index contributed by atoms with van der Waals surface area (Å²) in [6.45, 7) is 4.72. The maximum Gasteiger partial charge on any atom is 0.416 e. The molecule has 1 heterocycles. The highest BCUT2D eigenvalue weighted by atomic mass is 19.4. The number of nitrogens with zero attached hydrogens (tertiary/aromatic N) is 1. The van der Waals surface area contributed by atoms with E-state index in [1.165, 1.54) is 23.3 Å². The summed E-state index contributed by atoms with van der Waals surface area (Å²) >= 11 is 0. The molecule has 0 radical (unpaired) electrons. The summed E-state index contributed by atoms with van der Waals surface area (Å²) in [5, 5.41) is 0. The third-order valence-corrected chi connectivity index (χ3v) is 4.69. The molecule has 2 aromatic rings. The normalized spacial score (nSPS) is 15.9. The van der Waals surface area contributed by atoms with Gasteiger partial charge in [0.25, 0.3) is 0 Å². The first kappa shape index (κ1) is 17.7. The van der Waals surface area contributed by atoms with E-state index in [0.29, 0.717) is 5.56 Å². The van der Waals surface area contributed by atoms with Gasteiger partial charge in [-0.2, -0.15) is 13.2 Å². The van der Waals surface area contributed by atoms with Gasteiger partial charge in [0, 0.05) is 19.6 Å². The average molecular weight is 345 g/mol. The van der Waals surface area contributed by atoms with Crippen LogP contribution in [-0.2, 0) is 12.6 Å². The molecule has 25 heavy (non-hydrogen) atoms. The van der Waals surface area contributed by atoms with Crippen molar-refractivity contribution in [1.29, 1.82) is 0 Å². The van der Waals surface area contributed by atoms with Crippen molar-refractivity contribution in [2.24, 2.45) is 0 Å². The lowest BCUT2D eigenvalue weighted by Crippen LogP contribution is -2.30. The lowest BCUT2D eigenvalue weighted by molar-refractivity contribution is -0.137. The van der Waals surface area contributed by atoms with Crippen LogP contribution in [0.2, 0.25) is 0 Å². The summed E-state index contributed by atoms with van der Waals surface area (Å²) in [5.74, 6) is 0. The standard InChI is InChI=1S/C21H22F3N/c1-16-5-7-17(8-6-16)9-12-25-13-10-18(11-14-25)19-3-2-4-20(15-19)21(22,23)24/h2-8,10,15H,9,11-14H2,1H3. The summed E-state index contributed by atoms with van der Waals surface area (Å²) < 4.78 is 38.6. The molecule has 0 N–H and O–H groups in total. The molecule has 0 spiro atoms. The van der Waals surface area contributed by atoms with Crippen molar-refractivity contribution >= 4 is 5.57 Å². The van der Waals surface area contributed by atoms with Crippen LogP contribution in [0.25, 0.3) is 5.57 Å². The van der Waals surface area contributed by atoms with Gasteiger partial charge in [-0.25, -0.2) is 0 Å². The highest BCUT2D eigenvalue weighted by Crippen LogP contribution is 2.32. The van der Waals surface area contributed by atoms with Gasteiger partial charge in [-0.05, 0) is 48.6 Å². The lowest BCUT2D eigenvalue weighted by Gasteiger charge is -2.26. The minimum atomic E-state index is -4.29. The molecule has 4 heteroatoms. The Labute approximate surface area is 146 Å². The van der Waals surface area contributed by atoms with E-state index in [9.17, 15) is 13.2 Å². The fraction of sp³-hybridized carbons (Fsp3) is 0.333. The summed E-state index contributed by atoms with van der Waals surface area (Å²) in [4.78, 5) is 2.34. The van der Waals surface area contributed by atoms with Crippen LogP contribution in [0.15, 0.2) is 54.6 Å². The minimum absolute atomic E-state index is 0.576. The van der Waals surface area contributed by atoms with Crippen LogP contribution in [0, 0.1) is 6.92 Å². The average Bonchev–Trinajstić information content (AvgIpc) is 2.61. The molecule has 0 saturated carbocycles. The molecular formula is C21H22F3N. The lowest BCUT2D eigenvalue weighted by atomic mass is 9.97. The van der Waals surface area contributed by atoms with Crippen molar-refractivity contribution in [3.8, 4) is 0 Å². The van der Waals surface area contributed by atoms with Crippen molar-refractivity contribution in [3.63, 3.8) is 0 Å². The topological polar surface area (TPSA) is 3.24 Å². The number of alkyl halides is 3. The van der Waals surface area contributed by atoms with E-state index in [2.05, 4.69) is 42.2 Å². The Morgan fingerprint density at radius 1 is 1.04 bits per heavy atom.